The highest BCUT2D eigenvalue weighted by molar-refractivity contribution is 6.36. The summed E-state index contributed by atoms with van der Waals surface area (Å²) in [5.41, 5.74) is 5.04. The minimum absolute atomic E-state index is 0.0945. The van der Waals surface area contributed by atoms with Crippen LogP contribution in [0.3, 0.4) is 0 Å². The molecule has 1 aliphatic carbocycles. The number of aromatic nitrogens is 3. The summed E-state index contributed by atoms with van der Waals surface area (Å²) in [7, 11) is 4.47. The zero-order valence-corrected chi connectivity index (χ0v) is 28.6. The average Bonchev–Trinajstić information content (AvgIpc) is 3.70. The summed E-state index contributed by atoms with van der Waals surface area (Å²) >= 11 is 7.15. The molecule has 4 aromatic rings. The van der Waals surface area contributed by atoms with Gasteiger partial charge in [0.25, 0.3) is 11.5 Å². The number of fused-ring (bicyclic) bond motifs is 1. The van der Waals surface area contributed by atoms with Gasteiger partial charge >= 0.3 is 11.7 Å². The van der Waals surface area contributed by atoms with Crippen LogP contribution in [-0.4, -0.2) is 63.2 Å². The van der Waals surface area contributed by atoms with Gasteiger partial charge in [-0.1, -0.05) is 41.9 Å². The molecule has 49 heavy (non-hydrogen) atoms. The molecule has 1 spiro atoms. The number of pyridine rings is 1. The van der Waals surface area contributed by atoms with Crippen molar-refractivity contribution in [1.29, 1.82) is 0 Å². The van der Waals surface area contributed by atoms with E-state index in [-0.39, 0.29) is 23.2 Å². The van der Waals surface area contributed by atoms with E-state index in [2.05, 4.69) is 26.9 Å². The maximum Gasteiger partial charge on any atom is 0.330 e. The largest absolute Gasteiger partial charge is 0.481 e. The quantitative estimate of drug-likeness (QED) is 0.277. The lowest BCUT2D eigenvalue weighted by Crippen LogP contribution is -2.59. The van der Waals surface area contributed by atoms with Crippen LogP contribution in [0, 0.1) is 6.92 Å². The van der Waals surface area contributed by atoms with Crippen LogP contribution < -0.4 is 31.9 Å². The Hall–Kier alpha value is -4.94. The summed E-state index contributed by atoms with van der Waals surface area (Å²) in [6.45, 7) is 4.25. The number of benzene rings is 2. The third-order valence-electron chi connectivity index (χ3n) is 10.3. The van der Waals surface area contributed by atoms with Crippen molar-refractivity contribution in [3.63, 3.8) is 0 Å². The van der Waals surface area contributed by atoms with E-state index in [4.69, 9.17) is 21.3 Å². The first-order valence-electron chi connectivity index (χ1n) is 16.3. The van der Waals surface area contributed by atoms with Crippen molar-refractivity contribution in [2.45, 2.75) is 44.2 Å². The van der Waals surface area contributed by atoms with Crippen LogP contribution in [0.4, 0.5) is 10.5 Å². The number of hydrogen-bond acceptors (Lipinski definition) is 7. The van der Waals surface area contributed by atoms with Crippen LogP contribution in [0.2, 0.25) is 5.02 Å². The molecule has 2 aromatic heterocycles. The summed E-state index contributed by atoms with van der Waals surface area (Å²) in [6, 6.07) is 13.5. The second kappa shape index (κ2) is 12.5. The maximum absolute atomic E-state index is 13.2. The molecule has 254 valence electrons. The van der Waals surface area contributed by atoms with Crippen molar-refractivity contribution in [2.75, 3.05) is 32.1 Å². The summed E-state index contributed by atoms with van der Waals surface area (Å²) in [6.07, 6.45) is 4.88. The third kappa shape index (κ3) is 5.68. The maximum atomic E-state index is 13.2. The number of anilines is 1. The molecule has 0 bridgehead atoms. The first-order valence-corrected chi connectivity index (χ1v) is 16.7. The Balaban J connectivity index is 1.18. The Morgan fingerprint density at radius 2 is 1.84 bits per heavy atom. The predicted octanol–water partition coefficient (Wildman–Crippen LogP) is 4.17. The van der Waals surface area contributed by atoms with E-state index in [1.165, 1.54) is 30.4 Å². The van der Waals surface area contributed by atoms with E-state index < -0.39 is 17.2 Å². The summed E-state index contributed by atoms with van der Waals surface area (Å²) in [5.74, 6) is -0.0363. The van der Waals surface area contributed by atoms with Crippen LogP contribution in [0.1, 0.15) is 52.4 Å². The van der Waals surface area contributed by atoms with E-state index in [0.717, 1.165) is 71.2 Å². The molecule has 0 radical (unpaired) electrons. The second-order valence-electron chi connectivity index (χ2n) is 13.2. The predicted molar refractivity (Wildman–Crippen MR) is 187 cm³/mol. The molecule has 2 fully saturated rings. The van der Waals surface area contributed by atoms with Gasteiger partial charge in [0.05, 0.1) is 23.4 Å². The van der Waals surface area contributed by atoms with Crippen molar-refractivity contribution in [3.8, 4) is 28.3 Å². The second-order valence-corrected chi connectivity index (χ2v) is 13.6. The number of urea groups is 1. The lowest BCUT2D eigenvalue weighted by Gasteiger charge is -2.36. The van der Waals surface area contributed by atoms with Crippen LogP contribution in [0.15, 0.2) is 58.3 Å². The third-order valence-corrected chi connectivity index (χ3v) is 10.7. The van der Waals surface area contributed by atoms with Gasteiger partial charge in [-0.3, -0.25) is 19.1 Å². The minimum atomic E-state index is -0.673. The normalized spacial score (nSPS) is 20.2. The van der Waals surface area contributed by atoms with Gasteiger partial charge in [0.2, 0.25) is 5.88 Å². The van der Waals surface area contributed by atoms with Crippen molar-refractivity contribution in [2.24, 2.45) is 14.1 Å². The fourth-order valence-corrected chi connectivity index (χ4v) is 7.96. The summed E-state index contributed by atoms with van der Waals surface area (Å²) in [4.78, 5) is 57.6. The number of hydrogen-bond donors (Lipinski definition) is 3. The fraction of sp³-hybridized carbons (Fsp3) is 0.361. The molecule has 4 heterocycles. The highest BCUT2D eigenvalue weighted by atomic mass is 35.5. The van der Waals surface area contributed by atoms with Gasteiger partial charge in [0, 0.05) is 68.3 Å². The van der Waals surface area contributed by atoms with E-state index in [1.807, 2.05) is 37.3 Å². The zero-order valence-electron chi connectivity index (χ0n) is 27.9. The van der Waals surface area contributed by atoms with Crippen molar-refractivity contribution < 1.29 is 14.3 Å². The Morgan fingerprint density at radius 3 is 2.61 bits per heavy atom. The van der Waals surface area contributed by atoms with Gasteiger partial charge in [-0.15, -0.1) is 0 Å². The van der Waals surface area contributed by atoms with Gasteiger partial charge in [0.1, 0.15) is 5.56 Å². The van der Waals surface area contributed by atoms with Gasteiger partial charge in [0.15, 0.2) is 0 Å². The average molecular weight is 684 g/mol. The number of ether oxygens (including phenoxy) is 1. The molecule has 2 aliphatic heterocycles. The number of nitrogens with zero attached hydrogens (tertiary/aromatic N) is 4. The van der Waals surface area contributed by atoms with Crippen LogP contribution >= 0.6 is 11.6 Å². The van der Waals surface area contributed by atoms with Crippen LogP contribution in [-0.2, 0) is 20.5 Å². The molecule has 12 nitrogen and oxygen atoms in total. The molecule has 3 amide bonds. The summed E-state index contributed by atoms with van der Waals surface area (Å²) < 4.78 is 8.02. The molecule has 3 N–H and O–H groups in total. The number of carbonyl (C=O) groups excluding carboxylic acids is 2. The number of rotatable bonds is 6. The number of halogens is 1. The Kier molecular flexibility index (Phi) is 8.32. The lowest BCUT2D eigenvalue weighted by atomic mass is 9.93. The lowest BCUT2D eigenvalue weighted by molar-refractivity contribution is 0.102. The highest BCUT2D eigenvalue weighted by Crippen LogP contribution is 2.46. The van der Waals surface area contributed by atoms with E-state index in [1.54, 1.807) is 13.2 Å². The molecule has 2 aromatic carbocycles. The van der Waals surface area contributed by atoms with Gasteiger partial charge in [-0.2, -0.15) is 0 Å². The molecule has 0 saturated carbocycles. The first kappa shape index (κ1) is 32.6. The SMILES string of the molecule is COc1nc(-c2cccc(-c3cccc(NC(=O)c4cn(C)c(=O)n(C)c4=O)c3C)c2Cl)cc2c1[C@@H](N1CC[C@]3(CCNC(=O)N3)C1)CC2. The highest BCUT2D eigenvalue weighted by Gasteiger charge is 2.45. The zero-order chi connectivity index (χ0) is 34.6. The number of aryl methyl sites for hydroxylation is 2. The molecular weight excluding hydrogens is 646 g/mol. The summed E-state index contributed by atoms with van der Waals surface area (Å²) in [5, 5.41) is 9.41. The number of amides is 3. The number of nitrogens with one attached hydrogen (secondary N) is 3. The monoisotopic (exact) mass is 683 g/mol. The minimum Gasteiger partial charge on any atom is -0.481 e. The van der Waals surface area contributed by atoms with Gasteiger partial charge < -0.3 is 25.3 Å². The molecule has 2 saturated heterocycles. The number of methoxy groups -OCH3 is 1. The Bertz CT molecular complexity index is 2140. The van der Waals surface area contributed by atoms with Crippen LogP contribution in [0.25, 0.3) is 22.4 Å². The van der Waals surface area contributed by atoms with Gasteiger partial charge in [-0.05, 0) is 61.4 Å². The molecular formula is C36H38ClN7O5. The first-order chi connectivity index (χ1) is 23.5. The molecule has 2 atom stereocenters. The van der Waals surface area contributed by atoms with Crippen molar-refractivity contribution in [1.82, 2.24) is 29.7 Å². The standard InChI is InChI=1S/C36H38ClN7O5/c1-20-22(7-6-10-26(20)39-31(45)25-18-42(2)35(48)43(3)33(25)46)23-8-5-9-24(30(23)37)27-17-21-11-12-28(29(21)32(40-27)49-4)44-16-14-36(19-44)13-15-38-34(47)41-36/h5-10,17-18,28H,11-16,19H2,1-4H3,(H,39,45)(H2,38,41,47)/t28-,36+/m0/s1. The molecule has 0 unspecified atom stereocenters. The fourth-order valence-electron chi connectivity index (χ4n) is 7.63. The van der Waals surface area contributed by atoms with E-state index in [0.29, 0.717) is 28.8 Å². The Morgan fingerprint density at radius 1 is 1.08 bits per heavy atom. The van der Waals surface area contributed by atoms with E-state index in [9.17, 15) is 19.2 Å². The molecule has 3 aliphatic rings. The Labute approximate surface area is 288 Å². The topological polar surface area (TPSA) is 140 Å². The smallest absolute Gasteiger partial charge is 0.330 e. The molecule has 13 heteroatoms. The number of carbonyl (C=O) groups is 2. The number of likely N-dealkylation sites (tertiary alicyclic amines) is 1. The van der Waals surface area contributed by atoms with Crippen molar-refractivity contribution >= 4 is 29.2 Å². The van der Waals surface area contributed by atoms with Crippen molar-refractivity contribution in [3.05, 3.63) is 96.8 Å². The van der Waals surface area contributed by atoms with Gasteiger partial charge in [-0.25, -0.2) is 14.6 Å². The molecule has 7 rings (SSSR count). The van der Waals surface area contributed by atoms with E-state index >= 15 is 0 Å². The van der Waals surface area contributed by atoms with Crippen LogP contribution in [0.5, 0.6) is 5.88 Å².